The maximum atomic E-state index is 14.7. The number of pyridine rings is 1. The quantitative estimate of drug-likeness (QED) is 0.547. The van der Waals surface area contributed by atoms with E-state index in [-0.39, 0.29) is 28.7 Å². The summed E-state index contributed by atoms with van der Waals surface area (Å²) >= 11 is 0. The molecule has 33 heavy (non-hydrogen) atoms. The Morgan fingerprint density at radius 2 is 1.94 bits per heavy atom. The van der Waals surface area contributed by atoms with Crippen molar-refractivity contribution >= 4 is 26.7 Å². The summed E-state index contributed by atoms with van der Waals surface area (Å²) in [5, 5.41) is 3.00. The highest BCUT2D eigenvalue weighted by Crippen LogP contribution is 2.40. The summed E-state index contributed by atoms with van der Waals surface area (Å²) in [5.41, 5.74) is 1.71. The molecule has 0 radical (unpaired) electrons. The van der Waals surface area contributed by atoms with Gasteiger partial charge in [-0.1, -0.05) is 25.1 Å². The fraction of sp³-hybridized carbons (Fsp3) is 0.333. The number of nitrogens with zero attached hydrogens (tertiary/aromatic N) is 4. The number of anilines is 2. The third-order valence-corrected chi connectivity index (χ3v) is 6.30. The number of benzene rings is 1. The molecular weight excluding hydrogens is 440 g/mol. The first-order chi connectivity index (χ1) is 15.9. The number of carbonyl (C=O) groups is 1. The lowest BCUT2D eigenvalue weighted by Crippen LogP contribution is -2.27. The predicted octanol–water partition coefficient (Wildman–Crippen LogP) is 4.32. The summed E-state index contributed by atoms with van der Waals surface area (Å²) in [7, 11) is 2.89. The van der Waals surface area contributed by atoms with Gasteiger partial charge in [0.2, 0.25) is 0 Å². The summed E-state index contributed by atoms with van der Waals surface area (Å²) in [6.07, 6.45) is 7.67. The monoisotopic (exact) mass is 465 g/mol. The Hall–Kier alpha value is -3.12. The van der Waals surface area contributed by atoms with E-state index in [1.165, 1.54) is 18.5 Å². The number of carbonyl (C=O) groups excluding carboxylic acids is 1. The highest BCUT2D eigenvalue weighted by molar-refractivity contribution is 7.19. The van der Waals surface area contributed by atoms with Gasteiger partial charge in [0, 0.05) is 48.0 Å². The minimum atomic E-state index is -0.396. The fourth-order valence-corrected chi connectivity index (χ4v) is 4.25. The van der Waals surface area contributed by atoms with Gasteiger partial charge in [0.15, 0.2) is 5.82 Å². The molecule has 1 aliphatic carbocycles. The molecule has 1 saturated carbocycles. The van der Waals surface area contributed by atoms with Gasteiger partial charge >= 0.3 is 6.01 Å². The minimum Gasteiger partial charge on any atom is -0.460 e. The summed E-state index contributed by atoms with van der Waals surface area (Å²) < 4.78 is 20.3. The normalized spacial score (nSPS) is 20.0. The van der Waals surface area contributed by atoms with Crippen LogP contribution in [0.25, 0.3) is 11.1 Å². The lowest BCUT2D eigenvalue weighted by atomic mass is 10.0. The molecule has 0 bridgehead atoms. The van der Waals surface area contributed by atoms with Crippen LogP contribution in [0.4, 0.5) is 15.9 Å². The Bertz CT molecular complexity index is 1180. The highest BCUT2D eigenvalue weighted by atomic mass is 31.0. The van der Waals surface area contributed by atoms with Crippen molar-refractivity contribution in [1.29, 1.82) is 0 Å². The standard InChI is InChI=1S/C24H25FN5O2P/c1-24(33)9-11-30(14-24)21-20(18(8-10-26-21)17-4-2-3-5-19(17)25)29-22(31)15-12-27-23(28-13-15)32-16-6-7-16/h2-5,8,10,12-13,16H,6-7,9,11,14,33H2,1H3,(H,29,31). The molecule has 2 atom stereocenters. The van der Waals surface area contributed by atoms with Crippen molar-refractivity contribution in [3.05, 3.63) is 60.3 Å². The molecule has 3 aromatic rings. The van der Waals surface area contributed by atoms with Crippen LogP contribution in [-0.4, -0.2) is 45.2 Å². The number of hydrogen-bond donors (Lipinski definition) is 1. The average molecular weight is 465 g/mol. The van der Waals surface area contributed by atoms with Crippen LogP contribution in [0.5, 0.6) is 6.01 Å². The molecule has 3 heterocycles. The van der Waals surface area contributed by atoms with Gasteiger partial charge < -0.3 is 15.0 Å². The van der Waals surface area contributed by atoms with Crippen LogP contribution in [0, 0.1) is 5.82 Å². The molecule has 1 aliphatic heterocycles. The van der Waals surface area contributed by atoms with E-state index in [2.05, 4.69) is 41.3 Å². The van der Waals surface area contributed by atoms with E-state index in [0.717, 1.165) is 32.4 Å². The zero-order valence-corrected chi connectivity index (χ0v) is 19.4. The Kier molecular flexibility index (Phi) is 5.71. The largest absolute Gasteiger partial charge is 0.460 e. The van der Waals surface area contributed by atoms with Gasteiger partial charge in [-0.2, -0.15) is 0 Å². The Morgan fingerprint density at radius 3 is 2.61 bits per heavy atom. The first-order valence-electron chi connectivity index (χ1n) is 11.0. The van der Waals surface area contributed by atoms with Gasteiger partial charge in [0.1, 0.15) is 11.9 Å². The van der Waals surface area contributed by atoms with Crippen molar-refractivity contribution in [2.45, 2.75) is 37.4 Å². The zero-order chi connectivity index (χ0) is 23.0. The SMILES string of the molecule is CC1(P)CCN(c2nccc(-c3ccccc3F)c2NC(=O)c2cnc(OC3CC3)nc2)C1. The lowest BCUT2D eigenvalue weighted by molar-refractivity contribution is 0.102. The maximum absolute atomic E-state index is 14.7. The van der Waals surface area contributed by atoms with Crippen molar-refractivity contribution in [2.75, 3.05) is 23.3 Å². The van der Waals surface area contributed by atoms with Crippen LogP contribution in [-0.2, 0) is 0 Å². The zero-order valence-electron chi connectivity index (χ0n) is 18.3. The number of halogens is 1. The first-order valence-corrected chi connectivity index (χ1v) is 11.6. The molecular formula is C24H25FN5O2P. The second-order valence-corrected chi connectivity index (χ2v) is 10.3. The van der Waals surface area contributed by atoms with Crippen molar-refractivity contribution < 1.29 is 13.9 Å². The van der Waals surface area contributed by atoms with E-state index in [1.54, 1.807) is 30.5 Å². The predicted molar refractivity (Wildman–Crippen MR) is 128 cm³/mol. The first kappa shape index (κ1) is 21.7. The molecule has 2 aliphatic rings. The lowest BCUT2D eigenvalue weighted by Gasteiger charge is -2.24. The second kappa shape index (κ2) is 8.67. The van der Waals surface area contributed by atoms with Crippen LogP contribution in [0.2, 0.25) is 0 Å². The van der Waals surface area contributed by atoms with E-state index >= 15 is 0 Å². The van der Waals surface area contributed by atoms with Crippen LogP contribution in [0.1, 0.15) is 36.5 Å². The van der Waals surface area contributed by atoms with Crippen LogP contribution in [0.15, 0.2) is 48.9 Å². The number of ether oxygens (including phenoxy) is 1. The number of nitrogens with one attached hydrogen (secondary N) is 1. The Morgan fingerprint density at radius 1 is 1.18 bits per heavy atom. The molecule has 9 heteroatoms. The maximum Gasteiger partial charge on any atom is 0.316 e. The molecule has 7 nitrogen and oxygen atoms in total. The van der Waals surface area contributed by atoms with E-state index in [0.29, 0.717) is 22.6 Å². The molecule has 2 unspecified atom stereocenters. The molecule has 1 aromatic carbocycles. The van der Waals surface area contributed by atoms with Crippen molar-refractivity contribution in [1.82, 2.24) is 15.0 Å². The van der Waals surface area contributed by atoms with Crippen LogP contribution in [0.3, 0.4) is 0 Å². The molecule has 170 valence electrons. The van der Waals surface area contributed by atoms with Gasteiger partial charge in [-0.15, -0.1) is 9.24 Å². The molecule has 2 aromatic heterocycles. The fourth-order valence-electron chi connectivity index (χ4n) is 3.90. The number of rotatable bonds is 6. The van der Waals surface area contributed by atoms with E-state index in [4.69, 9.17) is 4.74 Å². The van der Waals surface area contributed by atoms with Gasteiger partial charge in [-0.3, -0.25) is 4.79 Å². The summed E-state index contributed by atoms with van der Waals surface area (Å²) in [6, 6.07) is 8.49. The number of aromatic nitrogens is 3. The van der Waals surface area contributed by atoms with Crippen molar-refractivity contribution in [3.8, 4) is 17.1 Å². The van der Waals surface area contributed by atoms with Crippen molar-refractivity contribution in [3.63, 3.8) is 0 Å². The molecule has 5 rings (SSSR count). The van der Waals surface area contributed by atoms with E-state index in [9.17, 15) is 9.18 Å². The topological polar surface area (TPSA) is 80.2 Å². The van der Waals surface area contributed by atoms with E-state index < -0.39 is 5.91 Å². The molecule has 1 N–H and O–H groups in total. The number of amides is 1. The van der Waals surface area contributed by atoms with E-state index in [1.807, 2.05) is 0 Å². The second-order valence-electron chi connectivity index (χ2n) is 8.89. The highest BCUT2D eigenvalue weighted by Gasteiger charge is 2.32. The summed E-state index contributed by atoms with van der Waals surface area (Å²) in [6.45, 7) is 3.71. The molecule has 0 spiro atoms. The van der Waals surface area contributed by atoms with Gasteiger partial charge in [0.05, 0.1) is 11.3 Å². The Labute approximate surface area is 194 Å². The van der Waals surface area contributed by atoms with Crippen molar-refractivity contribution in [2.24, 2.45) is 0 Å². The third-order valence-electron chi connectivity index (χ3n) is 5.82. The Balaban J connectivity index is 1.49. The van der Waals surface area contributed by atoms with Gasteiger partial charge in [0.25, 0.3) is 5.91 Å². The van der Waals surface area contributed by atoms with Crippen LogP contribution >= 0.6 is 9.24 Å². The number of hydrogen-bond acceptors (Lipinski definition) is 6. The van der Waals surface area contributed by atoms with Gasteiger partial charge in [-0.25, -0.2) is 19.3 Å². The molecule has 2 fully saturated rings. The minimum absolute atomic E-state index is 0.0438. The molecule has 1 saturated heterocycles. The van der Waals surface area contributed by atoms with Gasteiger partial charge in [-0.05, 0) is 31.4 Å². The smallest absolute Gasteiger partial charge is 0.316 e. The third kappa shape index (κ3) is 4.81. The van der Waals surface area contributed by atoms with Crippen LogP contribution < -0.4 is 15.0 Å². The summed E-state index contributed by atoms with van der Waals surface area (Å²) in [5.74, 6) is -0.148. The molecule has 1 amide bonds. The summed E-state index contributed by atoms with van der Waals surface area (Å²) in [4.78, 5) is 28.1. The average Bonchev–Trinajstić information content (AvgIpc) is 3.54.